The Balaban J connectivity index is 1.46. The molecule has 7 nitrogen and oxygen atoms in total. The van der Waals surface area contributed by atoms with Crippen LogP contribution in [-0.4, -0.2) is 36.7 Å². The van der Waals surface area contributed by atoms with Crippen LogP contribution in [0.2, 0.25) is 0 Å². The fraction of sp³-hybridized carbons (Fsp3) is 0.312. The van der Waals surface area contributed by atoms with E-state index in [1.54, 1.807) is 11.6 Å². The van der Waals surface area contributed by atoms with Crippen LogP contribution >= 0.6 is 11.3 Å². The number of rotatable bonds is 3. The first-order valence-electron chi connectivity index (χ1n) is 7.77. The van der Waals surface area contributed by atoms with Gasteiger partial charge >= 0.3 is 0 Å². The number of aryl methyl sites for hydroxylation is 2. The van der Waals surface area contributed by atoms with Crippen molar-refractivity contribution < 1.29 is 4.79 Å². The van der Waals surface area contributed by atoms with E-state index < -0.39 is 0 Å². The Morgan fingerprint density at radius 2 is 2.29 bits per heavy atom. The molecule has 3 aromatic rings. The van der Waals surface area contributed by atoms with Gasteiger partial charge in [-0.1, -0.05) is 6.07 Å². The van der Waals surface area contributed by atoms with E-state index >= 15 is 0 Å². The Labute approximate surface area is 142 Å². The molecule has 0 bridgehead atoms. The fourth-order valence-corrected chi connectivity index (χ4v) is 3.60. The third kappa shape index (κ3) is 2.80. The third-order valence-electron chi connectivity index (χ3n) is 4.09. The first-order valence-corrected chi connectivity index (χ1v) is 8.65. The lowest BCUT2D eigenvalue weighted by atomic mass is 10.1. The van der Waals surface area contributed by atoms with E-state index in [2.05, 4.69) is 30.0 Å². The van der Waals surface area contributed by atoms with Crippen LogP contribution in [0.5, 0.6) is 0 Å². The summed E-state index contributed by atoms with van der Waals surface area (Å²) in [6.45, 7) is 2.64. The molecule has 122 valence electrons. The van der Waals surface area contributed by atoms with Crippen molar-refractivity contribution >= 4 is 17.2 Å². The Morgan fingerprint density at radius 3 is 3.12 bits per heavy atom. The van der Waals surface area contributed by atoms with Crippen LogP contribution in [0, 0.1) is 6.92 Å². The average molecular weight is 340 g/mol. The number of carbonyl (C=O) groups is 1. The van der Waals surface area contributed by atoms with E-state index in [1.165, 1.54) is 11.3 Å². The zero-order chi connectivity index (χ0) is 16.5. The summed E-state index contributed by atoms with van der Waals surface area (Å²) in [5.41, 5.74) is 1.22. The van der Waals surface area contributed by atoms with Gasteiger partial charge in [-0.25, -0.2) is 4.98 Å². The number of thiazole rings is 1. The highest BCUT2D eigenvalue weighted by Gasteiger charge is 2.24. The minimum atomic E-state index is -0.146. The summed E-state index contributed by atoms with van der Waals surface area (Å²) in [5.74, 6) is 1.73. The summed E-state index contributed by atoms with van der Waals surface area (Å²) in [7, 11) is 0. The number of fused-ring (bicyclic) bond motifs is 1. The molecular weight excluding hydrogens is 324 g/mol. The molecule has 0 fully saturated rings. The SMILES string of the molecule is Cc1nnc2n1C[C@H](NC(=O)c1csc(-c3ccccn3)n1)CC2. The van der Waals surface area contributed by atoms with Crippen molar-refractivity contribution in [3.8, 4) is 10.7 Å². The van der Waals surface area contributed by atoms with Gasteiger partial charge in [-0.05, 0) is 25.5 Å². The topological polar surface area (TPSA) is 85.6 Å². The van der Waals surface area contributed by atoms with Crippen LogP contribution in [0.3, 0.4) is 0 Å². The highest BCUT2D eigenvalue weighted by Crippen LogP contribution is 2.22. The largest absolute Gasteiger partial charge is 0.346 e. The molecule has 1 N–H and O–H groups in total. The standard InChI is InChI=1S/C16H16N6OS/c1-10-20-21-14-6-5-11(8-22(10)14)18-15(23)13-9-24-16(19-13)12-4-2-3-7-17-12/h2-4,7,9,11H,5-6,8H2,1H3,(H,18,23)/t11-/m1/s1. The summed E-state index contributed by atoms with van der Waals surface area (Å²) in [4.78, 5) is 21.1. The third-order valence-corrected chi connectivity index (χ3v) is 4.95. The molecule has 1 aliphatic rings. The van der Waals surface area contributed by atoms with Gasteiger partial charge in [0.25, 0.3) is 5.91 Å². The number of carbonyl (C=O) groups excluding carboxylic acids is 1. The van der Waals surface area contributed by atoms with Gasteiger partial charge in [-0.15, -0.1) is 21.5 Å². The van der Waals surface area contributed by atoms with Gasteiger partial charge in [-0.2, -0.15) is 0 Å². The molecule has 8 heteroatoms. The maximum Gasteiger partial charge on any atom is 0.271 e. The zero-order valence-electron chi connectivity index (χ0n) is 13.1. The van der Waals surface area contributed by atoms with Crippen molar-refractivity contribution in [1.82, 2.24) is 30.0 Å². The minimum absolute atomic E-state index is 0.0692. The van der Waals surface area contributed by atoms with Crippen molar-refractivity contribution in [3.05, 3.63) is 47.1 Å². The molecule has 0 saturated carbocycles. The Hall–Kier alpha value is -2.61. The number of pyridine rings is 1. The molecule has 0 aromatic carbocycles. The molecule has 1 amide bonds. The number of amides is 1. The molecule has 0 spiro atoms. The van der Waals surface area contributed by atoms with E-state index in [0.29, 0.717) is 12.2 Å². The molecule has 24 heavy (non-hydrogen) atoms. The minimum Gasteiger partial charge on any atom is -0.346 e. The van der Waals surface area contributed by atoms with Crippen molar-refractivity contribution in [2.45, 2.75) is 32.4 Å². The van der Waals surface area contributed by atoms with E-state index in [-0.39, 0.29) is 11.9 Å². The molecule has 1 atom stereocenters. The Morgan fingerprint density at radius 1 is 1.38 bits per heavy atom. The molecular formula is C16H16N6OS. The quantitative estimate of drug-likeness (QED) is 0.786. The van der Waals surface area contributed by atoms with Gasteiger partial charge in [0.05, 0.1) is 5.69 Å². The number of aromatic nitrogens is 5. The van der Waals surface area contributed by atoms with Crippen molar-refractivity contribution in [2.75, 3.05) is 0 Å². The summed E-state index contributed by atoms with van der Waals surface area (Å²) < 4.78 is 2.06. The van der Waals surface area contributed by atoms with Crippen molar-refractivity contribution in [3.63, 3.8) is 0 Å². The molecule has 0 unspecified atom stereocenters. The lowest BCUT2D eigenvalue weighted by Crippen LogP contribution is -2.41. The molecule has 0 aliphatic carbocycles. The summed E-state index contributed by atoms with van der Waals surface area (Å²) in [6, 6.07) is 5.72. The molecule has 0 saturated heterocycles. The first kappa shape index (κ1) is 14.9. The van der Waals surface area contributed by atoms with Gasteiger partial charge in [0.2, 0.25) is 0 Å². The van der Waals surface area contributed by atoms with Crippen LogP contribution < -0.4 is 5.32 Å². The second-order valence-electron chi connectivity index (χ2n) is 5.74. The second kappa shape index (κ2) is 6.12. The Bertz CT molecular complexity index is 872. The van der Waals surface area contributed by atoms with Crippen LogP contribution in [0.4, 0.5) is 0 Å². The maximum absolute atomic E-state index is 12.5. The van der Waals surface area contributed by atoms with E-state index in [4.69, 9.17) is 0 Å². The van der Waals surface area contributed by atoms with Crippen molar-refractivity contribution in [2.24, 2.45) is 0 Å². The first-order chi connectivity index (χ1) is 11.7. The van der Waals surface area contributed by atoms with Gasteiger partial charge in [-0.3, -0.25) is 9.78 Å². The Kier molecular flexibility index (Phi) is 3.81. The predicted molar refractivity (Wildman–Crippen MR) is 89.7 cm³/mol. The van der Waals surface area contributed by atoms with E-state index in [0.717, 1.165) is 35.2 Å². The highest BCUT2D eigenvalue weighted by atomic mass is 32.1. The number of hydrogen-bond acceptors (Lipinski definition) is 6. The zero-order valence-corrected chi connectivity index (χ0v) is 14.0. The number of nitrogens with zero attached hydrogens (tertiary/aromatic N) is 5. The van der Waals surface area contributed by atoms with Gasteiger partial charge < -0.3 is 9.88 Å². The van der Waals surface area contributed by atoms with Crippen LogP contribution in [-0.2, 0) is 13.0 Å². The van der Waals surface area contributed by atoms with Gasteiger partial charge in [0, 0.05) is 30.6 Å². The number of nitrogens with one attached hydrogen (secondary N) is 1. The average Bonchev–Trinajstić information content (AvgIpc) is 3.24. The maximum atomic E-state index is 12.5. The molecule has 1 aliphatic heterocycles. The molecule has 3 aromatic heterocycles. The monoisotopic (exact) mass is 340 g/mol. The molecule has 4 rings (SSSR count). The lowest BCUT2D eigenvalue weighted by molar-refractivity contribution is 0.0923. The smallest absolute Gasteiger partial charge is 0.271 e. The molecule has 4 heterocycles. The predicted octanol–water partition coefficient (Wildman–Crippen LogP) is 1.85. The highest BCUT2D eigenvalue weighted by molar-refractivity contribution is 7.13. The van der Waals surface area contributed by atoms with Crippen LogP contribution in [0.15, 0.2) is 29.8 Å². The van der Waals surface area contributed by atoms with Gasteiger partial charge in [0.15, 0.2) is 0 Å². The van der Waals surface area contributed by atoms with Gasteiger partial charge in [0.1, 0.15) is 22.4 Å². The van der Waals surface area contributed by atoms with Crippen LogP contribution in [0.25, 0.3) is 10.7 Å². The summed E-state index contributed by atoms with van der Waals surface area (Å²) >= 11 is 1.43. The normalized spacial score (nSPS) is 16.6. The summed E-state index contributed by atoms with van der Waals surface area (Å²) in [6.07, 6.45) is 3.40. The second-order valence-corrected chi connectivity index (χ2v) is 6.59. The van der Waals surface area contributed by atoms with Crippen LogP contribution in [0.1, 0.15) is 28.6 Å². The molecule has 0 radical (unpaired) electrons. The summed E-state index contributed by atoms with van der Waals surface area (Å²) in [5, 5.41) is 13.8. The fourth-order valence-electron chi connectivity index (χ4n) is 2.82. The van der Waals surface area contributed by atoms with E-state index in [1.807, 2.05) is 25.1 Å². The lowest BCUT2D eigenvalue weighted by Gasteiger charge is -2.24. The number of hydrogen-bond donors (Lipinski definition) is 1. The van der Waals surface area contributed by atoms with Crippen molar-refractivity contribution in [1.29, 1.82) is 0 Å². The van der Waals surface area contributed by atoms with E-state index in [9.17, 15) is 4.79 Å².